The maximum Gasteiger partial charge on any atom is 0.407 e. The summed E-state index contributed by atoms with van der Waals surface area (Å²) in [6, 6.07) is 19.0. The highest BCUT2D eigenvalue weighted by molar-refractivity contribution is 7.98. The van der Waals surface area contributed by atoms with Crippen LogP contribution in [0.1, 0.15) is 42.1 Å². The van der Waals surface area contributed by atoms with Crippen LogP contribution in [0, 0.1) is 0 Å². The summed E-state index contributed by atoms with van der Waals surface area (Å²) in [6.45, 7) is 3.04. The van der Waals surface area contributed by atoms with Crippen molar-refractivity contribution in [2.24, 2.45) is 0 Å². The molecule has 0 bridgehead atoms. The Kier molecular flexibility index (Phi) is 9.12. The summed E-state index contributed by atoms with van der Waals surface area (Å²) in [6.07, 6.45) is 3.23. The van der Waals surface area contributed by atoms with E-state index in [4.69, 9.17) is 0 Å². The molecule has 0 saturated carbocycles. The minimum absolute atomic E-state index is 0.121. The Morgan fingerprint density at radius 2 is 1.65 bits per heavy atom. The first kappa shape index (κ1) is 25.8. The Morgan fingerprint density at radius 1 is 1.06 bits per heavy atom. The quantitative estimate of drug-likeness (QED) is 0.602. The van der Waals surface area contributed by atoms with Crippen molar-refractivity contribution in [3.63, 3.8) is 0 Å². The number of thioether (sulfide) groups is 1. The van der Waals surface area contributed by atoms with Crippen LogP contribution in [-0.2, 0) is 11.3 Å². The lowest BCUT2D eigenvalue weighted by molar-refractivity contribution is -0.134. The van der Waals surface area contributed by atoms with Crippen molar-refractivity contribution in [3.8, 4) is 0 Å². The second-order valence-corrected chi connectivity index (χ2v) is 9.60. The number of amides is 2. The van der Waals surface area contributed by atoms with Gasteiger partial charge in [0.25, 0.3) is 0 Å². The second kappa shape index (κ2) is 12.0. The van der Waals surface area contributed by atoms with E-state index in [0.29, 0.717) is 32.5 Å². The number of carbonyl (C=O) groups is 3. The highest BCUT2D eigenvalue weighted by atomic mass is 32.2. The first-order valence-corrected chi connectivity index (χ1v) is 12.9. The van der Waals surface area contributed by atoms with Crippen LogP contribution in [0.25, 0.3) is 0 Å². The van der Waals surface area contributed by atoms with Crippen molar-refractivity contribution in [1.29, 1.82) is 0 Å². The molecule has 0 aliphatic carbocycles. The smallest absolute Gasteiger partial charge is 0.407 e. The van der Waals surface area contributed by atoms with Gasteiger partial charge in [0, 0.05) is 38.0 Å². The highest BCUT2D eigenvalue weighted by Gasteiger charge is 2.51. The topological polar surface area (TPSA) is 89.9 Å². The van der Waals surface area contributed by atoms with Crippen molar-refractivity contribution in [2.75, 3.05) is 25.1 Å². The van der Waals surface area contributed by atoms with E-state index in [0.717, 1.165) is 23.3 Å². The van der Waals surface area contributed by atoms with E-state index in [2.05, 4.69) is 5.32 Å². The minimum Gasteiger partial charge on any atom is -0.465 e. The minimum atomic E-state index is -0.882. The maximum atomic E-state index is 13.0. The number of benzene rings is 2. The summed E-state index contributed by atoms with van der Waals surface area (Å²) in [5.74, 6) is 1.19. The lowest BCUT2D eigenvalue weighted by Crippen LogP contribution is -2.59. The van der Waals surface area contributed by atoms with Crippen LogP contribution in [0.15, 0.2) is 60.7 Å². The Morgan fingerprint density at radius 3 is 2.15 bits per heavy atom. The van der Waals surface area contributed by atoms with Gasteiger partial charge >= 0.3 is 6.09 Å². The van der Waals surface area contributed by atoms with Gasteiger partial charge in [0.05, 0.1) is 11.7 Å². The van der Waals surface area contributed by atoms with Gasteiger partial charge in [-0.05, 0) is 30.9 Å². The number of piperidine rings is 1. The van der Waals surface area contributed by atoms with Gasteiger partial charge in [-0.15, -0.1) is 0 Å². The lowest BCUT2D eigenvalue weighted by Gasteiger charge is -2.44. The number of Topliss-reactive ketones (excluding diaryl/α,β-unsaturated/α-hetero) is 1. The molecule has 2 saturated heterocycles. The average Bonchev–Trinajstić information content (AvgIpc) is 3.10. The standard InChI is InChI=1S/C18H25N3O3S.C8H8O/c1-25-12-7-15-16(22)21(13-14-5-3-2-4-6-14)18(19-15)8-10-20(11-9-18)17(23)24;1-7(9)8-5-3-2-4-6-8/h2-6,15,19H,7-13H2,1H3,(H,23,24);2-6H,1H3. The molecular formula is C26H33N3O4S. The monoisotopic (exact) mass is 483 g/mol. The molecule has 2 fully saturated rings. The molecule has 2 amide bonds. The molecule has 2 aromatic carbocycles. The Labute approximate surface area is 205 Å². The van der Waals surface area contributed by atoms with Gasteiger partial charge in [-0.2, -0.15) is 11.8 Å². The second-order valence-electron chi connectivity index (χ2n) is 8.61. The zero-order chi connectivity index (χ0) is 24.6. The molecular weight excluding hydrogens is 450 g/mol. The molecule has 2 aliphatic rings. The predicted molar refractivity (Wildman–Crippen MR) is 135 cm³/mol. The molecule has 1 spiro atoms. The summed E-state index contributed by atoms with van der Waals surface area (Å²) in [4.78, 5) is 38.3. The molecule has 34 heavy (non-hydrogen) atoms. The Bertz CT molecular complexity index is 963. The number of ketones is 1. The molecule has 0 aromatic heterocycles. The zero-order valence-electron chi connectivity index (χ0n) is 19.8. The largest absolute Gasteiger partial charge is 0.465 e. The third-order valence-electron chi connectivity index (χ3n) is 6.36. The maximum absolute atomic E-state index is 13.0. The van der Waals surface area contributed by atoms with Crippen molar-refractivity contribution in [1.82, 2.24) is 15.1 Å². The van der Waals surface area contributed by atoms with Gasteiger partial charge in [0.15, 0.2) is 5.78 Å². The number of hydrogen-bond acceptors (Lipinski definition) is 5. The first-order chi connectivity index (χ1) is 16.4. The molecule has 1 atom stereocenters. The van der Waals surface area contributed by atoms with Crippen LogP contribution >= 0.6 is 11.8 Å². The van der Waals surface area contributed by atoms with Gasteiger partial charge < -0.3 is 14.9 Å². The summed E-state index contributed by atoms with van der Waals surface area (Å²) in [5.41, 5.74) is 1.45. The molecule has 0 radical (unpaired) electrons. The summed E-state index contributed by atoms with van der Waals surface area (Å²) in [7, 11) is 0. The van der Waals surface area contributed by atoms with Crippen LogP contribution in [0.3, 0.4) is 0 Å². The molecule has 2 aliphatic heterocycles. The fourth-order valence-corrected chi connectivity index (χ4v) is 4.92. The zero-order valence-corrected chi connectivity index (χ0v) is 20.6. The van der Waals surface area contributed by atoms with Gasteiger partial charge in [-0.3, -0.25) is 14.9 Å². The van der Waals surface area contributed by atoms with Gasteiger partial charge in [-0.25, -0.2) is 4.79 Å². The van der Waals surface area contributed by atoms with E-state index in [1.54, 1.807) is 18.7 Å². The van der Waals surface area contributed by atoms with E-state index >= 15 is 0 Å². The van der Waals surface area contributed by atoms with Crippen LogP contribution in [-0.4, -0.2) is 69.5 Å². The van der Waals surface area contributed by atoms with E-state index in [9.17, 15) is 19.5 Å². The van der Waals surface area contributed by atoms with Crippen molar-refractivity contribution < 1.29 is 19.5 Å². The first-order valence-electron chi connectivity index (χ1n) is 11.5. The SMILES string of the molecule is CC(=O)c1ccccc1.CSCCC1NC2(CCN(C(=O)O)CC2)N(Cc2ccccc2)C1=O. The molecule has 1 unspecified atom stereocenters. The molecule has 4 rings (SSSR count). The van der Waals surface area contributed by atoms with Crippen molar-refractivity contribution in [2.45, 2.75) is 44.4 Å². The number of carboxylic acid groups (broad SMARTS) is 1. The third-order valence-corrected chi connectivity index (χ3v) is 7.00. The van der Waals surface area contributed by atoms with E-state index in [-0.39, 0.29) is 17.7 Å². The van der Waals surface area contributed by atoms with E-state index in [1.165, 1.54) is 4.90 Å². The van der Waals surface area contributed by atoms with Crippen LogP contribution < -0.4 is 5.32 Å². The number of rotatable bonds is 6. The fourth-order valence-electron chi connectivity index (χ4n) is 4.44. The van der Waals surface area contributed by atoms with Crippen LogP contribution in [0.5, 0.6) is 0 Å². The van der Waals surface area contributed by atoms with Crippen molar-refractivity contribution in [3.05, 3.63) is 71.8 Å². The summed E-state index contributed by atoms with van der Waals surface area (Å²) < 4.78 is 0. The van der Waals surface area contributed by atoms with Gasteiger partial charge in [-0.1, -0.05) is 60.7 Å². The molecule has 2 aromatic rings. The lowest BCUT2D eigenvalue weighted by atomic mass is 9.95. The predicted octanol–water partition coefficient (Wildman–Crippen LogP) is 4.10. The molecule has 2 N–H and O–H groups in total. The number of nitrogens with one attached hydrogen (secondary N) is 1. The molecule has 2 heterocycles. The molecule has 182 valence electrons. The number of hydrogen-bond donors (Lipinski definition) is 2. The van der Waals surface area contributed by atoms with Gasteiger partial charge in [0.2, 0.25) is 5.91 Å². The molecule has 8 heteroatoms. The van der Waals surface area contributed by atoms with E-state index in [1.807, 2.05) is 71.8 Å². The normalized spacial score (nSPS) is 19.0. The highest BCUT2D eigenvalue weighted by Crippen LogP contribution is 2.34. The number of nitrogens with zero attached hydrogens (tertiary/aromatic N) is 2. The average molecular weight is 484 g/mol. The molecule has 7 nitrogen and oxygen atoms in total. The fraction of sp³-hybridized carbons (Fsp3) is 0.423. The number of likely N-dealkylation sites (tertiary alicyclic amines) is 1. The van der Waals surface area contributed by atoms with Crippen molar-refractivity contribution >= 4 is 29.5 Å². The number of carbonyl (C=O) groups excluding carboxylic acids is 2. The van der Waals surface area contributed by atoms with Gasteiger partial charge in [0.1, 0.15) is 0 Å². The third kappa shape index (κ3) is 6.39. The summed E-state index contributed by atoms with van der Waals surface area (Å²) in [5, 5.41) is 12.8. The van der Waals surface area contributed by atoms with Crippen LogP contribution in [0.2, 0.25) is 0 Å². The Hall–Kier alpha value is -2.84. The Balaban J connectivity index is 0.000000302. The summed E-state index contributed by atoms with van der Waals surface area (Å²) >= 11 is 1.74. The van der Waals surface area contributed by atoms with Crippen LogP contribution in [0.4, 0.5) is 4.79 Å². The van der Waals surface area contributed by atoms with E-state index < -0.39 is 11.8 Å².